The van der Waals surface area contributed by atoms with Crippen molar-refractivity contribution in [3.63, 3.8) is 0 Å². The maximum absolute atomic E-state index is 6.15. The minimum absolute atomic E-state index is 0.400. The van der Waals surface area contributed by atoms with Crippen LogP contribution in [-0.2, 0) is 13.0 Å². The Labute approximate surface area is 135 Å². The summed E-state index contributed by atoms with van der Waals surface area (Å²) >= 11 is 12.1. The quantitative estimate of drug-likeness (QED) is 0.824. The molecule has 1 aromatic carbocycles. The summed E-state index contributed by atoms with van der Waals surface area (Å²) in [6, 6.07) is 9.30. The highest BCUT2D eigenvalue weighted by Crippen LogP contribution is 2.34. The molecule has 2 aromatic rings. The maximum atomic E-state index is 6.15. The third-order valence-electron chi connectivity index (χ3n) is 2.93. The molecular weight excluding hydrogens is 307 g/mol. The fourth-order valence-electron chi connectivity index (χ4n) is 2.04. The molecule has 0 saturated carbocycles. The molecule has 1 N–H and O–H groups in total. The van der Waals surface area contributed by atoms with E-state index in [1.807, 2.05) is 13.1 Å². The fourth-order valence-corrected chi connectivity index (χ4v) is 2.37. The number of halogens is 2. The molecule has 1 aromatic heterocycles. The highest BCUT2D eigenvalue weighted by molar-refractivity contribution is 6.42. The van der Waals surface area contributed by atoms with Crippen LogP contribution in [0.25, 0.3) is 0 Å². The zero-order valence-electron chi connectivity index (χ0n) is 12.1. The highest BCUT2D eigenvalue weighted by atomic mass is 35.5. The van der Waals surface area contributed by atoms with Crippen LogP contribution in [0.3, 0.4) is 0 Å². The van der Waals surface area contributed by atoms with Gasteiger partial charge in [0.15, 0.2) is 0 Å². The number of benzene rings is 1. The second-order valence-electron chi connectivity index (χ2n) is 4.74. The van der Waals surface area contributed by atoms with E-state index in [9.17, 15) is 0 Å². The number of aryl methyl sites for hydroxylation is 1. The lowest BCUT2D eigenvalue weighted by atomic mass is 10.1. The average Bonchev–Trinajstić information content (AvgIpc) is 2.44. The Morgan fingerprint density at radius 2 is 2.05 bits per heavy atom. The molecule has 0 unspecified atom stereocenters. The van der Waals surface area contributed by atoms with Crippen LogP contribution in [-0.4, -0.2) is 12.0 Å². The summed E-state index contributed by atoms with van der Waals surface area (Å²) in [7, 11) is 1.91. The van der Waals surface area contributed by atoms with E-state index in [1.54, 1.807) is 18.2 Å². The van der Waals surface area contributed by atoms with Gasteiger partial charge in [0.2, 0.25) is 5.88 Å². The van der Waals surface area contributed by atoms with Gasteiger partial charge in [0, 0.05) is 18.3 Å². The first kappa shape index (κ1) is 16.1. The van der Waals surface area contributed by atoms with E-state index in [0.29, 0.717) is 21.7 Å². The molecule has 0 aliphatic carbocycles. The highest BCUT2D eigenvalue weighted by Gasteiger charge is 2.09. The summed E-state index contributed by atoms with van der Waals surface area (Å²) in [4.78, 5) is 4.52. The van der Waals surface area contributed by atoms with Crippen LogP contribution < -0.4 is 10.1 Å². The summed E-state index contributed by atoms with van der Waals surface area (Å²) in [6.07, 6.45) is 1.95. The zero-order valence-corrected chi connectivity index (χ0v) is 13.6. The third-order valence-corrected chi connectivity index (χ3v) is 3.73. The molecule has 0 aliphatic heterocycles. The Morgan fingerprint density at radius 3 is 2.76 bits per heavy atom. The van der Waals surface area contributed by atoms with E-state index >= 15 is 0 Å². The Balaban J connectivity index is 2.31. The number of hydrogen-bond donors (Lipinski definition) is 1. The first-order valence-electron chi connectivity index (χ1n) is 6.90. The van der Waals surface area contributed by atoms with Crippen molar-refractivity contribution in [1.29, 1.82) is 0 Å². The summed E-state index contributed by atoms with van der Waals surface area (Å²) in [6.45, 7) is 2.89. The van der Waals surface area contributed by atoms with Crippen LogP contribution >= 0.6 is 23.2 Å². The molecule has 0 amide bonds. The van der Waals surface area contributed by atoms with Crippen LogP contribution in [0, 0.1) is 0 Å². The van der Waals surface area contributed by atoms with Crippen LogP contribution in [0.15, 0.2) is 30.3 Å². The van der Waals surface area contributed by atoms with Crippen molar-refractivity contribution in [2.24, 2.45) is 0 Å². The van der Waals surface area contributed by atoms with E-state index < -0.39 is 0 Å². The molecule has 1 heterocycles. The molecule has 5 heteroatoms. The molecular formula is C16H18Cl2N2O. The maximum Gasteiger partial charge on any atom is 0.219 e. The number of aromatic nitrogens is 1. The van der Waals surface area contributed by atoms with Crippen molar-refractivity contribution in [2.45, 2.75) is 26.3 Å². The molecule has 112 valence electrons. The second kappa shape index (κ2) is 7.64. The second-order valence-corrected chi connectivity index (χ2v) is 5.52. The molecule has 0 bridgehead atoms. The Morgan fingerprint density at radius 1 is 1.24 bits per heavy atom. The number of hydrogen-bond acceptors (Lipinski definition) is 3. The smallest absolute Gasteiger partial charge is 0.219 e. The Hall–Kier alpha value is -1.29. The minimum atomic E-state index is 0.400. The molecule has 0 atom stereocenters. The first-order valence-corrected chi connectivity index (χ1v) is 7.66. The van der Waals surface area contributed by atoms with Gasteiger partial charge in [-0.1, -0.05) is 42.6 Å². The number of nitrogens with zero attached hydrogens (tertiary/aromatic N) is 1. The fraction of sp³-hybridized carbons (Fsp3) is 0.312. The van der Waals surface area contributed by atoms with Gasteiger partial charge in [-0.25, -0.2) is 4.98 Å². The summed E-state index contributed by atoms with van der Waals surface area (Å²) < 4.78 is 5.81. The van der Waals surface area contributed by atoms with Crippen molar-refractivity contribution in [3.8, 4) is 11.6 Å². The SMILES string of the molecule is CCCc1cc(CNC)cc(Oc2cccc(Cl)c2Cl)n1. The number of pyridine rings is 1. The molecule has 0 aliphatic rings. The van der Waals surface area contributed by atoms with E-state index in [0.717, 1.165) is 30.6 Å². The summed E-state index contributed by atoms with van der Waals surface area (Å²) in [5.41, 5.74) is 2.14. The number of rotatable bonds is 6. The molecule has 2 rings (SSSR count). The summed E-state index contributed by atoms with van der Waals surface area (Å²) in [5.74, 6) is 1.05. The van der Waals surface area contributed by atoms with Gasteiger partial charge >= 0.3 is 0 Å². The monoisotopic (exact) mass is 324 g/mol. The van der Waals surface area contributed by atoms with E-state index in [2.05, 4.69) is 23.3 Å². The molecule has 0 fully saturated rings. The van der Waals surface area contributed by atoms with Crippen LogP contribution in [0.2, 0.25) is 10.0 Å². The normalized spacial score (nSPS) is 10.7. The van der Waals surface area contributed by atoms with Gasteiger partial charge < -0.3 is 10.1 Å². The molecule has 3 nitrogen and oxygen atoms in total. The first-order chi connectivity index (χ1) is 10.1. The Kier molecular flexibility index (Phi) is 5.85. The van der Waals surface area contributed by atoms with Gasteiger partial charge in [0.1, 0.15) is 10.8 Å². The minimum Gasteiger partial charge on any atom is -0.437 e. The number of nitrogens with one attached hydrogen (secondary N) is 1. The largest absolute Gasteiger partial charge is 0.437 e. The van der Waals surface area contributed by atoms with Crippen LogP contribution in [0.1, 0.15) is 24.6 Å². The van der Waals surface area contributed by atoms with Crippen molar-refractivity contribution in [3.05, 3.63) is 51.6 Å². The van der Waals surface area contributed by atoms with Crippen LogP contribution in [0.5, 0.6) is 11.6 Å². The van der Waals surface area contributed by atoms with Gasteiger partial charge in [-0.15, -0.1) is 0 Å². The lowest BCUT2D eigenvalue weighted by molar-refractivity contribution is 0.459. The molecule has 0 radical (unpaired) electrons. The average molecular weight is 325 g/mol. The molecule has 0 spiro atoms. The van der Waals surface area contributed by atoms with E-state index in [1.165, 1.54) is 0 Å². The predicted octanol–water partition coefficient (Wildman–Crippen LogP) is 4.85. The van der Waals surface area contributed by atoms with Crippen molar-refractivity contribution < 1.29 is 4.74 Å². The molecule has 21 heavy (non-hydrogen) atoms. The summed E-state index contributed by atoms with van der Waals surface area (Å²) in [5, 5.41) is 4.00. The van der Waals surface area contributed by atoms with Gasteiger partial charge in [-0.05, 0) is 37.2 Å². The lowest BCUT2D eigenvalue weighted by Gasteiger charge is -2.11. The Bertz CT molecular complexity index is 593. The molecule has 0 saturated heterocycles. The van der Waals surface area contributed by atoms with Crippen LogP contribution in [0.4, 0.5) is 0 Å². The van der Waals surface area contributed by atoms with Gasteiger partial charge in [0.05, 0.1) is 5.02 Å². The van der Waals surface area contributed by atoms with E-state index in [-0.39, 0.29) is 0 Å². The predicted molar refractivity (Wildman–Crippen MR) is 87.5 cm³/mol. The van der Waals surface area contributed by atoms with Gasteiger partial charge in [0.25, 0.3) is 0 Å². The zero-order chi connectivity index (χ0) is 15.2. The van der Waals surface area contributed by atoms with Crippen molar-refractivity contribution in [1.82, 2.24) is 10.3 Å². The van der Waals surface area contributed by atoms with E-state index in [4.69, 9.17) is 27.9 Å². The standard InChI is InChI=1S/C16H18Cl2N2O/c1-3-5-12-8-11(10-19-2)9-15(20-12)21-14-7-4-6-13(17)16(14)18/h4,6-9,19H,3,5,10H2,1-2H3. The number of ether oxygens (including phenoxy) is 1. The van der Waals surface area contributed by atoms with Crippen molar-refractivity contribution >= 4 is 23.2 Å². The van der Waals surface area contributed by atoms with Gasteiger partial charge in [-0.3, -0.25) is 0 Å². The topological polar surface area (TPSA) is 34.1 Å². The lowest BCUT2D eigenvalue weighted by Crippen LogP contribution is -2.06. The van der Waals surface area contributed by atoms with Crippen molar-refractivity contribution in [2.75, 3.05) is 7.05 Å². The van der Waals surface area contributed by atoms with Gasteiger partial charge in [-0.2, -0.15) is 0 Å². The third kappa shape index (κ3) is 4.34.